The van der Waals surface area contributed by atoms with Crippen LogP contribution in [0.15, 0.2) is 23.9 Å². The molecule has 1 aromatic rings. The van der Waals surface area contributed by atoms with Crippen molar-refractivity contribution in [3.63, 3.8) is 0 Å². The number of likely N-dealkylation sites (tertiary alicyclic amines) is 1. The maximum atomic E-state index is 12.6. The minimum Gasteiger partial charge on any atom is -0.402 e. The number of aromatic nitrogens is 1. The summed E-state index contributed by atoms with van der Waals surface area (Å²) in [5.74, 6) is 0.816. The average Bonchev–Trinajstić information content (AvgIpc) is 3.17. The number of carbonyl (C=O) groups is 1. The summed E-state index contributed by atoms with van der Waals surface area (Å²) in [6.07, 6.45) is 8.96. The van der Waals surface area contributed by atoms with Crippen LogP contribution in [0.2, 0.25) is 0 Å². The van der Waals surface area contributed by atoms with Gasteiger partial charge in [0.05, 0.1) is 0 Å². The first kappa shape index (κ1) is 20.6. The molecule has 5 nitrogen and oxygen atoms in total. The van der Waals surface area contributed by atoms with Crippen molar-refractivity contribution in [3.05, 3.63) is 40.9 Å². The van der Waals surface area contributed by atoms with Crippen molar-refractivity contribution < 1.29 is 4.79 Å². The van der Waals surface area contributed by atoms with E-state index in [4.69, 9.17) is 16.1 Å². The van der Waals surface area contributed by atoms with Crippen molar-refractivity contribution in [1.29, 1.82) is 5.41 Å². The van der Waals surface area contributed by atoms with Gasteiger partial charge in [-0.25, -0.2) is 0 Å². The highest BCUT2D eigenvalue weighted by Gasteiger charge is 2.30. The monoisotopic (exact) mass is 382 g/mol. The van der Waals surface area contributed by atoms with Crippen molar-refractivity contribution in [2.75, 3.05) is 13.1 Å². The number of nitrogens with zero attached hydrogens (tertiary/aromatic N) is 2. The van der Waals surface area contributed by atoms with Gasteiger partial charge in [-0.2, -0.15) is 0 Å². The summed E-state index contributed by atoms with van der Waals surface area (Å²) in [6.45, 7) is 7.31. The topological polar surface area (TPSA) is 83.1 Å². The van der Waals surface area contributed by atoms with Gasteiger partial charge in [-0.05, 0) is 61.8 Å². The summed E-state index contributed by atoms with van der Waals surface area (Å²) >= 11 is 0. The number of allylic oxidation sites excluding steroid dienone is 1. The maximum Gasteiger partial charge on any atom is 0.271 e. The quantitative estimate of drug-likeness (QED) is 0.746. The SMILES string of the molecule is Cc1cc(C2CCCCC2)cc(C2CCN(C(=O)C(=N)C=C(N)C(C)C)C2)n1. The second-order valence-electron chi connectivity index (χ2n) is 8.75. The molecule has 0 bridgehead atoms. The molecule has 1 saturated carbocycles. The summed E-state index contributed by atoms with van der Waals surface area (Å²) in [4.78, 5) is 19.2. The Balaban J connectivity index is 1.69. The standard InChI is InChI=1S/C23H34N4O/c1-15(2)20(24)13-21(25)23(28)27-10-9-18(14-27)22-12-19(11-16(3)26-22)17-7-5-4-6-8-17/h11-13,15,17-18,25H,4-10,14,24H2,1-3H3. The predicted octanol–water partition coefficient (Wildman–Crippen LogP) is 4.27. The Labute approximate surface area is 168 Å². The van der Waals surface area contributed by atoms with E-state index < -0.39 is 0 Å². The molecule has 0 aromatic carbocycles. The minimum absolute atomic E-state index is 0.0213. The molecule has 1 atom stereocenters. The van der Waals surface area contributed by atoms with Crippen molar-refractivity contribution in [2.45, 2.75) is 71.1 Å². The van der Waals surface area contributed by atoms with Gasteiger partial charge in [0.25, 0.3) is 5.91 Å². The highest BCUT2D eigenvalue weighted by atomic mass is 16.2. The largest absolute Gasteiger partial charge is 0.402 e. The van der Waals surface area contributed by atoms with E-state index in [9.17, 15) is 4.79 Å². The number of hydrogen-bond donors (Lipinski definition) is 2. The molecule has 28 heavy (non-hydrogen) atoms. The molecule has 2 fully saturated rings. The third-order valence-electron chi connectivity index (χ3n) is 6.17. The van der Waals surface area contributed by atoms with Gasteiger partial charge < -0.3 is 10.6 Å². The van der Waals surface area contributed by atoms with E-state index >= 15 is 0 Å². The number of aryl methyl sites for hydroxylation is 1. The fourth-order valence-electron chi connectivity index (χ4n) is 4.35. The van der Waals surface area contributed by atoms with Gasteiger partial charge in [-0.15, -0.1) is 0 Å². The Kier molecular flexibility index (Phi) is 6.53. The van der Waals surface area contributed by atoms with Crippen molar-refractivity contribution in [2.24, 2.45) is 11.7 Å². The predicted molar refractivity (Wildman–Crippen MR) is 114 cm³/mol. The lowest BCUT2D eigenvalue weighted by atomic mass is 9.83. The smallest absolute Gasteiger partial charge is 0.271 e. The molecule has 1 aromatic heterocycles. The number of rotatable bonds is 5. The molecule has 2 heterocycles. The third kappa shape index (κ3) is 4.81. The lowest BCUT2D eigenvalue weighted by Crippen LogP contribution is -2.34. The minimum atomic E-state index is -0.230. The second-order valence-corrected chi connectivity index (χ2v) is 8.75. The van der Waals surface area contributed by atoms with Crippen LogP contribution in [-0.2, 0) is 4.79 Å². The number of nitrogens with two attached hydrogens (primary N) is 1. The lowest BCUT2D eigenvalue weighted by molar-refractivity contribution is -0.123. The van der Waals surface area contributed by atoms with Crippen LogP contribution in [0.4, 0.5) is 0 Å². The van der Waals surface area contributed by atoms with Crippen LogP contribution < -0.4 is 5.73 Å². The Hall–Kier alpha value is -2.17. The van der Waals surface area contributed by atoms with Crippen LogP contribution >= 0.6 is 0 Å². The number of hydrogen-bond acceptors (Lipinski definition) is 4. The van der Waals surface area contributed by atoms with Crippen molar-refractivity contribution in [1.82, 2.24) is 9.88 Å². The number of carbonyl (C=O) groups excluding carboxylic acids is 1. The van der Waals surface area contributed by atoms with E-state index in [-0.39, 0.29) is 23.5 Å². The molecular weight excluding hydrogens is 348 g/mol. The maximum absolute atomic E-state index is 12.6. The number of amides is 1. The lowest BCUT2D eigenvalue weighted by Gasteiger charge is -2.23. The fraction of sp³-hybridized carbons (Fsp3) is 0.609. The fourth-order valence-corrected chi connectivity index (χ4v) is 4.35. The summed E-state index contributed by atoms with van der Waals surface area (Å²) < 4.78 is 0. The number of pyridine rings is 1. The molecule has 1 amide bonds. The molecule has 0 radical (unpaired) electrons. The Bertz CT molecular complexity index is 762. The molecule has 0 spiro atoms. The van der Waals surface area contributed by atoms with Gasteiger partial charge in [-0.3, -0.25) is 15.2 Å². The van der Waals surface area contributed by atoms with Gasteiger partial charge in [0.15, 0.2) is 0 Å². The van der Waals surface area contributed by atoms with E-state index in [0.29, 0.717) is 24.7 Å². The van der Waals surface area contributed by atoms with Crippen LogP contribution in [0, 0.1) is 18.3 Å². The summed E-state index contributed by atoms with van der Waals surface area (Å²) in [6, 6.07) is 4.52. The van der Waals surface area contributed by atoms with Gasteiger partial charge in [-0.1, -0.05) is 33.1 Å². The van der Waals surface area contributed by atoms with Crippen LogP contribution in [0.3, 0.4) is 0 Å². The molecule has 5 heteroatoms. The van der Waals surface area contributed by atoms with Crippen LogP contribution in [-0.4, -0.2) is 34.6 Å². The second kappa shape index (κ2) is 8.89. The summed E-state index contributed by atoms with van der Waals surface area (Å²) in [5, 5.41) is 8.09. The first-order valence-electron chi connectivity index (χ1n) is 10.7. The van der Waals surface area contributed by atoms with Crippen LogP contribution in [0.5, 0.6) is 0 Å². The average molecular weight is 383 g/mol. The molecule has 152 valence electrons. The van der Waals surface area contributed by atoms with Crippen molar-refractivity contribution in [3.8, 4) is 0 Å². The first-order chi connectivity index (χ1) is 13.3. The molecule has 1 unspecified atom stereocenters. The molecular formula is C23H34N4O. The molecule has 3 N–H and O–H groups in total. The van der Waals surface area contributed by atoms with E-state index in [1.54, 1.807) is 4.90 Å². The summed E-state index contributed by atoms with van der Waals surface area (Å²) in [5.41, 5.74) is 10.1. The molecule has 2 aliphatic rings. The van der Waals surface area contributed by atoms with Crippen molar-refractivity contribution >= 4 is 11.6 Å². The Morgan fingerprint density at radius 3 is 2.61 bits per heavy atom. The first-order valence-corrected chi connectivity index (χ1v) is 10.7. The van der Waals surface area contributed by atoms with Gasteiger partial charge in [0.1, 0.15) is 5.71 Å². The van der Waals surface area contributed by atoms with Gasteiger partial charge >= 0.3 is 0 Å². The zero-order chi connectivity index (χ0) is 20.3. The van der Waals surface area contributed by atoms with Crippen LogP contribution in [0.1, 0.15) is 81.2 Å². The normalized spacial score (nSPS) is 21.4. The van der Waals surface area contributed by atoms with Gasteiger partial charge in [0, 0.05) is 36.1 Å². The number of nitrogens with one attached hydrogen (secondary N) is 1. The van der Waals surface area contributed by atoms with Crippen LogP contribution in [0.25, 0.3) is 0 Å². The molecule has 3 rings (SSSR count). The zero-order valence-electron chi connectivity index (χ0n) is 17.5. The Morgan fingerprint density at radius 1 is 1.21 bits per heavy atom. The van der Waals surface area contributed by atoms with Gasteiger partial charge in [0.2, 0.25) is 0 Å². The Morgan fingerprint density at radius 2 is 1.93 bits per heavy atom. The summed E-state index contributed by atoms with van der Waals surface area (Å²) in [7, 11) is 0. The molecule has 1 saturated heterocycles. The van der Waals surface area contributed by atoms with E-state index in [1.807, 2.05) is 13.8 Å². The van der Waals surface area contributed by atoms with E-state index in [1.165, 1.54) is 43.7 Å². The zero-order valence-corrected chi connectivity index (χ0v) is 17.5. The third-order valence-corrected chi connectivity index (χ3v) is 6.17. The highest BCUT2D eigenvalue weighted by Crippen LogP contribution is 2.35. The van der Waals surface area contributed by atoms with E-state index in [2.05, 4.69) is 19.1 Å². The molecule has 1 aliphatic heterocycles. The van der Waals surface area contributed by atoms with E-state index in [0.717, 1.165) is 17.8 Å². The highest BCUT2D eigenvalue weighted by molar-refractivity contribution is 6.42. The molecule has 1 aliphatic carbocycles.